The highest BCUT2D eigenvalue weighted by Gasteiger charge is 2.62. The number of ketones is 1. The molecule has 1 heterocycles. The molecule has 166 valence electrons. The predicted molar refractivity (Wildman–Crippen MR) is 121 cm³/mol. The largest absolute Gasteiger partial charge is 0.454 e. The fourth-order valence-electron chi connectivity index (χ4n) is 7.51. The van der Waals surface area contributed by atoms with Gasteiger partial charge in [-0.15, -0.1) is 5.92 Å². The smallest absolute Gasteiger partial charge is 0.231 e. The van der Waals surface area contributed by atoms with Crippen LogP contribution in [0.15, 0.2) is 41.0 Å². The number of fused-ring (bicyclic) bond motifs is 5. The first-order valence-electron chi connectivity index (χ1n) is 12.0. The van der Waals surface area contributed by atoms with Crippen molar-refractivity contribution in [1.29, 1.82) is 0 Å². The van der Waals surface area contributed by atoms with Gasteiger partial charge in [0.1, 0.15) is 5.60 Å². The van der Waals surface area contributed by atoms with Crippen molar-refractivity contribution in [1.82, 2.24) is 0 Å². The van der Waals surface area contributed by atoms with E-state index in [-0.39, 0.29) is 23.9 Å². The third-order valence-corrected chi connectivity index (χ3v) is 9.02. The molecule has 1 aromatic carbocycles. The molecule has 2 saturated carbocycles. The molecular weight excluding hydrogens is 400 g/mol. The summed E-state index contributed by atoms with van der Waals surface area (Å²) in [6.45, 7) is 4.36. The Morgan fingerprint density at radius 3 is 2.81 bits per heavy atom. The van der Waals surface area contributed by atoms with Crippen LogP contribution in [-0.2, 0) is 4.79 Å². The summed E-state index contributed by atoms with van der Waals surface area (Å²) < 4.78 is 11.3. The van der Waals surface area contributed by atoms with E-state index < -0.39 is 5.60 Å². The Balaban J connectivity index is 1.54. The number of benzene rings is 1. The lowest BCUT2D eigenvalue weighted by Gasteiger charge is -2.53. The van der Waals surface area contributed by atoms with Crippen molar-refractivity contribution in [2.75, 3.05) is 6.79 Å². The van der Waals surface area contributed by atoms with Crippen LogP contribution < -0.4 is 9.47 Å². The number of rotatable bonds is 1. The second-order valence-electron chi connectivity index (χ2n) is 10.4. The van der Waals surface area contributed by atoms with Crippen molar-refractivity contribution in [2.45, 2.75) is 70.3 Å². The van der Waals surface area contributed by atoms with Crippen LogP contribution in [0, 0.1) is 29.1 Å². The van der Waals surface area contributed by atoms with Crippen molar-refractivity contribution in [3.63, 3.8) is 0 Å². The summed E-state index contributed by atoms with van der Waals surface area (Å²) in [5.41, 5.74) is 4.20. The monoisotopic (exact) mass is 430 g/mol. The molecule has 1 unspecified atom stereocenters. The zero-order valence-corrected chi connectivity index (χ0v) is 18.9. The SMILES string of the molecule is CC#C[C@]1(O)CC[C@H]2C3CCC4=CC(=O)CCC4=C3[C@@H](c3ccc4c(c3)OCO4)C[C@@]21C. The van der Waals surface area contributed by atoms with Crippen molar-refractivity contribution in [3.8, 4) is 23.3 Å². The Hall–Kier alpha value is -2.51. The molecule has 32 heavy (non-hydrogen) atoms. The van der Waals surface area contributed by atoms with Gasteiger partial charge in [0, 0.05) is 17.8 Å². The van der Waals surface area contributed by atoms with Gasteiger partial charge < -0.3 is 14.6 Å². The summed E-state index contributed by atoms with van der Waals surface area (Å²) in [4.78, 5) is 12.2. The molecule has 4 heteroatoms. The van der Waals surface area contributed by atoms with E-state index in [9.17, 15) is 9.90 Å². The van der Waals surface area contributed by atoms with Crippen molar-refractivity contribution >= 4 is 5.78 Å². The molecule has 5 aliphatic rings. The maximum absolute atomic E-state index is 12.2. The lowest BCUT2D eigenvalue weighted by atomic mass is 9.51. The highest BCUT2D eigenvalue weighted by Crippen LogP contribution is 2.66. The molecule has 0 spiro atoms. The predicted octanol–water partition coefficient (Wildman–Crippen LogP) is 5.07. The Morgan fingerprint density at radius 2 is 1.97 bits per heavy atom. The minimum atomic E-state index is -0.949. The zero-order valence-electron chi connectivity index (χ0n) is 18.9. The van der Waals surface area contributed by atoms with Crippen LogP contribution >= 0.6 is 0 Å². The third-order valence-electron chi connectivity index (χ3n) is 9.02. The number of carbonyl (C=O) groups excluding carboxylic acids is 1. The molecule has 1 N–H and O–H groups in total. The van der Waals surface area contributed by atoms with Gasteiger partial charge in [0.15, 0.2) is 17.3 Å². The van der Waals surface area contributed by atoms with E-state index in [1.54, 1.807) is 0 Å². The maximum Gasteiger partial charge on any atom is 0.231 e. The van der Waals surface area contributed by atoms with Crippen LogP contribution in [0.1, 0.15) is 70.3 Å². The molecule has 5 atom stereocenters. The lowest BCUT2D eigenvalue weighted by Crippen LogP contribution is -2.51. The molecule has 1 aliphatic heterocycles. The number of hydrogen-bond acceptors (Lipinski definition) is 4. The van der Waals surface area contributed by atoms with Crippen LogP contribution in [0.5, 0.6) is 11.5 Å². The molecule has 0 amide bonds. The molecule has 0 aromatic heterocycles. The van der Waals surface area contributed by atoms with Crippen LogP contribution in [0.4, 0.5) is 0 Å². The van der Waals surface area contributed by atoms with Gasteiger partial charge in [0.05, 0.1) is 0 Å². The quantitative estimate of drug-likeness (QED) is 0.632. The number of allylic oxidation sites excluding steroid dienone is 4. The molecule has 6 rings (SSSR count). The highest BCUT2D eigenvalue weighted by atomic mass is 16.7. The summed E-state index contributed by atoms with van der Waals surface area (Å²) in [5, 5.41) is 11.7. The second-order valence-corrected chi connectivity index (χ2v) is 10.4. The van der Waals surface area contributed by atoms with Crippen LogP contribution in [0.2, 0.25) is 0 Å². The zero-order chi connectivity index (χ0) is 22.1. The Labute approximate surface area is 189 Å². The molecule has 4 nitrogen and oxygen atoms in total. The van der Waals surface area contributed by atoms with Crippen LogP contribution in [0.3, 0.4) is 0 Å². The van der Waals surface area contributed by atoms with Crippen molar-refractivity contribution in [3.05, 3.63) is 46.6 Å². The van der Waals surface area contributed by atoms with Gasteiger partial charge in [-0.3, -0.25) is 4.79 Å². The fourth-order valence-corrected chi connectivity index (χ4v) is 7.51. The summed E-state index contributed by atoms with van der Waals surface area (Å²) in [6.07, 6.45) is 7.98. The van der Waals surface area contributed by atoms with Gasteiger partial charge >= 0.3 is 0 Å². The van der Waals surface area contributed by atoms with Gasteiger partial charge in [0.2, 0.25) is 6.79 Å². The van der Waals surface area contributed by atoms with Gasteiger partial charge in [-0.2, -0.15) is 0 Å². The van der Waals surface area contributed by atoms with E-state index in [1.165, 1.54) is 22.3 Å². The van der Waals surface area contributed by atoms with Gasteiger partial charge in [0.25, 0.3) is 0 Å². The van der Waals surface area contributed by atoms with E-state index in [4.69, 9.17) is 9.47 Å². The molecule has 1 aromatic rings. The number of ether oxygens (including phenoxy) is 2. The first-order valence-corrected chi connectivity index (χ1v) is 12.0. The Kier molecular flexibility index (Phi) is 4.40. The van der Waals surface area contributed by atoms with Crippen molar-refractivity contribution in [2.24, 2.45) is 17.3 Å². The minimum absolute atomic E-state index is 0.186. The highest BCUT2D eigenvalue weighted by molar-refractivity contribution is 5.93. The summed E-state index contributed by atoms with van der Waals surface area (Å²) in [6, 6.07) is 6.31. The molecule has 0 saturated heterocycles. The minimum Gasteiger partial charge on any atom is -0.454 e. The van der Waals surface area contributed by atoms with Crippen molar-refractivity contribution < 1.29 is 19.4 Å². The van der Waals surface area contributed by atoms with Crippen LogP contribution in [0.25, 0.3) is 0 Å². The van der Waals surface area contributed by atoms with E-state index in [1.807, 2.05) is 19.1 Å². The summed E-state index contributed by atoms with van der Waals surface area (Å²) in [7, 11) is 0. The Morgan fingerprint density at radius 1 is 1.12 bits per heavy atom. The first kappa shape index (κ1) is 20.1. The normalized spacial score (nSPS) is 37.2. The second kappa shape index (κ2) is 6.99. The van der Waals surface area contributed by atoms with Gasteiger partial charge in [-0.25, -0.2) is 0 Å². The number of hydrogen-bond donors (Lipinski definition) is 1. The molecule has 0 radical (unpaired) electrons. The van der Waals surface area contributed by atoms with E-state index in [0.29, 0.717) is 18.3 Å². The third kappa shape index (κ3) is 2.70. The summed E-state index contributed by atoms with van der Waals surface area (Å²) in [5.74, 6) is 9.14. The summed E-state index contributed by atoms with van der Waals surface area (Å²) >= 11 is 0. The Bertz CT molecular complexity index is 1130. The molecule has 2 fully saturated rings. The lowest BCUT2D eigenvalue weighted by molar-refractivity contribution is -0.114. The van der Waals surface area contributed by atoms with Gasteiger partial charge in [-0.1, -0.05) is 24.5 Å². The van der Waals surface area contributed by atoms with E-state index in [0.717, 1.165) is 50.0 Å². The standard InChI is InChI=1S/C28H30O4/c1-3-11-28(30)12-10-23-21-7-4-17-13-19(29)6-8-20(17)26(21)22(15-27(23,28)2)18-5-9-24-25(14-18)32-16-31-24/h5,9,13-14,21-23,30H,4,6-8,10,12,15-16H2,1-2H3/t21?,22-,23+,27+,28+/m1/s1. The maximum atomic E-state index is 12.2. The molecular formula is C28H30O4. The average Bonchev–Trinajstić information content (AvgIpc) is 3.35. The molecule has 0 bridgehead atoms. The number of aliphatic hydroxyl groups is 1. The van der Waals surface area contributed by atoms with E-state index in [2.05, 4.69) is 30.9 Å². The first-order chi connectivity index (χ1) is 15.4. The molecule has 4 aliphatic carbocycles. The van der Waals surface area contributed by atoms with Crippen LogP contribution in [-0.4, -0.2) is 23.3 Å². The fraction of sp³-hybridized carbons (Fsp3) is 0.536. The van der Waals surface area contributed by atoms with Gasteiger partial charge in [-0.05, 0) is 92.2 Å². The average molecular weight is 431 g/mol. The van der Waals surface area contributed by atoms with E-state index >= 15 is 0 Å². The topological polar surface area (TPSA) is 55.8 Å². The number of carbonyl (C=O) groups is 1.